The van der Waals surface area contributed by atoms with Gasteiger partial charge in [0.15, 0.2) is 0 Å². The highest BCUT2D eigenvalue weighted by Crippen LogP contribution is 2.37. The van der Waals surface area contributed by atoms with E-state index >= 15 is 0 Å². The Morgan fingerprint density at radius 2 is 2.04 bits per heavy atom. The summed E-state index contributed by atoms with van der Waals surface area (Å²) in [6, 6.07) is 7.68. The summed E-state index contributed by atoms with van der Waals surface area (Å²) in [5, 5.41) is 5.18. The van der Waals surface area contributed by atoms with E-state index in [1.807, 2.05) is 36.0 Å². The van der Waals surface area contributed by atoms with Gasteiger partial charge in [0, 0.05) is 24.8 Å². The van der Waals surface area contributed by atoms with Crippen LogP contribution in [0, 0.1) is 13.8 Å². The van der Waals surface area contributed by atoms with Gasteiger partial charge in [0.25, 0.3) is 5.56 Å². The highest BCUT2D eigenvalue weighted by molar-refractivity contribution is 5.78. The molecule has 3 aromatic rings. The maximum Gasteiger partial charge on any atom is 0.260 e. The summed E-state index contributed by atoms with van der Waals surface area (Å²) in [6.45, 7) is 5.04. The Bertz CT molecular complexity index is 971. The molecule has 1 aromatic carbocycles. The molecule has 0 saturated carbocycles. The first-order chi connectivity index (χ1) is 11.6. The number of rotatable bonds is 2. The molecule has 1 aliphatic rings. The molecule has 0 bridgehead atoms. The summed E-state index contributed by atoms with van der Waals surface area (Å²) >= 11 is 0. The van der Waals surface area contributed by atoms with Crippen molar-refractivity contribution in [3.05, 3.63) is 51.6 Å². The molecule has 4 rings (SSSR count). The Hall–Kier alpha value is -2.63. The van der Waals surface area contributed by atoms with Crippen LogP contribution in [-0.4, -0.2) is 26.3 Å². The van der Waals surface area contributed by atoms with Crippen LogP contribution in [0.5, 0.6) is 0 Å². The average Bonchev–Trinajstić information content (AvgIpc) is 3.12. The number of para-hydroxylation sites is 1. The van der Waals surface area contributed by atoms with Crippen LogP contribution in [0.15, 0.2) is 29.1 Å². The van der Waals surface area contributed by atoms with Crippen molar-refractivity contribution in [2.75, 3.05) is 11.4 Å². The third kappa shape index (κ3) is 2.21. The molecule has 1 atom stereocenters. The molecule has 24 heavy (non-hydrogen) atoms. The quantitative estimate of drug-likeness (QED) is 0.787. The molecule has 3 heterocycles. The van der Waals surface area contributed by atoms with Crippen molar-refractivity contribution in [2.24, 2.45) is 7.05 Å². The summed E-state index contributed by atoms with van der Waals surface area (Å²) in [4.78, 5) is 22.3. The second-order valence-electron chi connectivity index (χ2n) is 6.47. The number of nitrogens with zero attached hydrogens (tertiary/aromatic N) is 4. The Morgan fingerprint density at radius 1 is 1.25 bits per heavy atom. The van der Waals surface area contributed by atoms with Crippen LogP contribution in [0.25, 0.3) is 10.9 Å². The van der Waals surface area contributed by atoms with E-state index in [1.54, 1.807) is 0 Å². The lowest BCUT2D eigenvalue weighted by atomic mass is 10.0. The van der Waals surface area contributed by atoms with Crippen LogP contribution in [-0.2, 0) is 7.05 Å². The van der Waals surface area contributed by atoms with Gasteiger partial charge in [-0.2, -0.15) is 5.10 Å². The third-order valence-electron chi connectivity index (χ3n) is 5.02. The van der Waals surface area contributed by atoms with Gasteiger partial charge in [-0.15, -0.1) is 0 Å². The Morgan fingerprint density at radius 3 is 2.79 bits per heavy atom. The number of hydrogen-bond acceptors (Lipinski definition) is 4. The topological polar surface area (TPSA) is 66.8 Å². The number of nitrogens with one attached hydrogen (secondary N) is 1. The fraction of sp³-hybridized carbons (Fsp3) is 0.389. The molecular weight excluding hydrogens is 302 g/mol. The van der Waals surface area contributed by atoms with Gasteiger partial charge in [-0.3, -0.25) is 14.5 Å². The second kappa shape index (κ2) is 5.47. The van der Waals surface area contributed by atoms with Gasteiger partial charge in [0.1, 0.15) is 0 Å². The lowest BCUT2D eigenvalue weighted by molar-refractivity contribution is 0.686. The lowest BCUT2D eigenvalue weighted by Crippen LogP contribution is -2.27. The average molecular weight is 323 g/mol. The van der Waals surface area contributed by atoms with Crippen LogP contribution in [0.4, 0.5) is 5.95 Å². The van der Waals surface area contributed by atoms with Crippen molar-refractivity contribution in [1.29, 1.82) is 0 Å². The number of benzene rings is 1. The molecule has 6 nitrogen and oxygen atoms in total. The molecule has 1 N–H and O–H groups in total. The zero-order valence-electron chi connectivity index (χ0n) is 14.2. The zero-order chi connectivity index (χ0) is 16.8. The number of anilines is 1. The minimum absolute atomic E-state index is 0.0825. The number of aryl methyl sites for hydroxylation is 2. The van der Waals surface area contributed by atoms with Gasteiger partial charge in [0.2, 0.25) is 5.95 Å². The van der Waals surface area contributed by atoms with Crippen molar-refractivity contribution in [3.63, 3.8) is 0 Å². The zero-order valence-corrected chi connectivity index (χ0v) is 14.2. The Kier molecular flexibility index (Phi) is 3.40. The molecule has 1 fully saturated rings. The maximum atomic E-state index is 12.4. The number of hydrogen-bond donors (Lipinski definition) is 1. The van der Waals surface area contributed by atoms with Crippen molar-refractivity contribution < 1.29 is 0 Å². The first-order valence-corrected chi connectivity index (χ1v) is 8.32. The first-order valence-electron chi connectivity index (χ1n) is 8.32. The molecule has 2 aromatic heterocycles. The monoisotopic (exact) mass is 323 g/mol. The van der Waals surface area contributed by atoms with Gasteiger partial charge in [0.05, 0.1) is 22.6 Å². The summed E-state index contributed by atoms with van der Waals surface area (Å²) in [5.41, 5.74) is 4.13. The van der Waals surface area contributed by atoms with E-state index in [-0.39, 0.29) is 11.6 Å². The van der Waals surface area contributed by atoms with E-state index in [2.05, 4.69) is 28.8 Å². The van der Waals surface area contributed by atoms with Crippen molar-refractivity contribution in [3.8, 4) is 0 Å². The third-order valence-corrected chi connectivity index (χ3v) is 5.02. The normalized spacial score (nSPS) is 17.8. The van der Waals surface area contributed by atoms with Crippen molar-refractivity contribution in [2.45, 2.75) is 32.7 Å². The van der Waals surface area contributed by atoms with Crippen molar-refractivity contribution in [1.82, 2.24) is 19.7 Å². The van der Waals surface area contributed by atoms with Crippen molar-refractivity contribution >= 4 is 16.9 Å². The number of H-pyrrole nitrogens is 1. The molecule has 6 heteroatoms. The second-order valence-corrected chi connectivity index (χ2v) is 6.47. The molecule has 124 valence electrons. The van der Waals surface area contributed by atoms with Gasteiger partial charge in [-0.1, -0.05) is 12.1 Å². The SMILES string of the molecule is Cc1nn(C)c(C)c1C1CCCN1c1nc2ccccc2c(=O)[nH]1. The van der Waals surface area contributed by atoms with E-state index < -0.39 is 0 Å². The summed E-state index contributed by atoms with van der Waals surface area (Å²) in [5.74, 6) is 0.656. The van der Waals surface area contributed by atoms with Crippen LogP contribution in [0.2, 0.25) is 0 Å². The van der Waals surface area contributed by atoms with Crippen LogP contribution in [0.1, 0.15) is 35.8 Å². The van der Waals surface area contributed by atoms with Gasteiger partial charge in [-0.25, -0.2) is 4.98 Å². The van der Waals surface area contributed by atoms with Gasteiger partial charge >= 0.3 is 0 Å². The number of aromatic nitrogens is 4. The summed E-state index contributed by atoms with van der Waals surface area (Å²) in [7, 11) is 1.97. The molecule has 1 aliphatic heterocycles. The molecule has 1 saturated heterocycles. The Labute approximate surface area is 140 Å². The van der Waals surface area contributed by atoms with E-state index in [9.17, 15) is 4.79 Å². The van der Waals surface area contributed by atoms with Gasteiger partial charge in [-0.05, 0) is 38.8 Å². The predicted molar refractivity (Wildman–Crippen MR) is 94.4 cm³/mol. The highest BCUT2D eigenvalue weighted by Gasteiger charge is 2.32. The fourth-order valence-corrected chi connectivity index (χ4v) is 3.80. The fourth-order valence-electron chi connectivity index (χ4n) is 3.80. The molecule has 0 amide bonds. The molecule has 1 unspecified atom stereocenters. The summed E-state index contributed by atoms with van der Waals surface area (Å²) < 4.78 is 1.93. The standard InChI is InChI=1S/C18H21N5O/c1-11-16(12(2)22(3)21-11)15-9-6-10-23(15)18-19-14-8-5-4-7-13(14)17(24)20-18/h4-5,7-8,15H,6,9-10H2,1-3H3,(H,19,20,24). The predicted octanol–water partition coefficient (Wildman–Crippen LogP) is 2.61. The van der Waals surface area contributed by atoms with Crippen LogP contribution in [0.3, 0.4) is 0 Å². The smallest absolute Gasteiger partial charge is 0.260 e. The minimum atomic E-state index is -0.0825. The maximum absolute atomic E-state index is 12.4. The first kappa shape index (κ1) is 14.9. The molecule has 0 spiro atoms. The number of aromatic amines is 1. The lowest BCUT2D eigenvalue weighted by Gasteiger charge is -2.26. The Balaban J connectivity index is 1.82. The van der Waals surface area contributed by atoms with Crippen LogP contribution < -0.4 is 10.5 Å². The van der Waals surface area contributed by atoms with Gasteiger partial charge < -0.3 is 4.90 Å². The molecule has 0 aliphatic carbocycles. The van der Waals surface area contributed by atoms with E-state index in [0.717, 1.165) is 30.6 Å². The number of fused-ring (bicyclic) bond motifs is 1. The van der Waals surface area contributed by atoms with E-state index in [0.29, 0.717) is 11.3 Å². The van der Waals surface area contributed by atoms with E-state index in [4.69, 9.17) is 4.98 Å². The molecule has 0 radical (unpaired) electrons. The molecular formula is C18H21N5O. The summed E-state index contributed by atoms with van der Waals surface area (Å²) in [6.07, 6.45) is 2.12. The minimum Gasteiger partial charge on any atom is -0.335 e. The largest absolute Gasteiger partial charge is 0.335 e. The highest BCUT2D eigenvalue weighted by atomic mass is 16.1. The van der Waals surface area contributed by atoms with E-state index in [1.165, 1.54) is 11.3 Å². The van der Waals surface area contributed by atoms with Crippen LogP contribution >= 0.6 is 0 Å².